The molecule has 1 unspecified atom stereocenters. The highest BCUT2D eigenvalue weighted by Gasteiger charge is 2.21. The number of anilines is 1. The highest BCUT2D eigenvalue weighted by Crippen LogP contribution is 2.13. The van der Waals surface area contributed by atoms with Crippen LogP contribution in [0, 0.1) is 13.8 Å². The summed E-state index contributed by atoms with van der Waals surface area (Å²) in [6, 6.07) is 5.85. The molecular weight excluding hydrogens is 294 g/mol. The van der Waals surface area contributed by atoms with E-state index in [9.17, 15) is 9.59 Å². The van der Waals surface area contributed by atoms with Crippen LogP contribution in [0.5, 0.6) is 0 Å². The van der Waals surface area contributed by atoms with Crippen molar-refractivity contribution in [2.24, 2.45) is 0 Å². The Labute approximate surface area is 137 Å². The van der Waals surface area contributed by atoms with Crippen LogP contribution in [-0.2, 0) is 14.3 Å². The summed E-state index contributed by atoms with van der Waals surface area (Å²) in [6.45, 7) is 7.11. The maximum atomic E-state index is 12.1. The smallest absolute Gasteiger partial charge is 0.279 e. The lowest BCUT2D eigenvalue weighted by Crippen LogP contribution is -3.11. The van der Waals surface area contributed by atoms with Gasteiger partial charge in [-0.25, -0.2) is 0 Å². The van der Waals surface area contributed by atoms with E-state index >= 15 is 0 Å². The zero-order valence-corrected chi connectivity index (χ0v) is 14.1. The van der Waals surface area contributed by atoms with Crippen molar-refractivity contribution in [2.45, 2.75) is 13.8 Å². The summed E-state index contributed by atoms with van der Waals surface area (Å²) in [6.07, 6.45) is 0. The molecule has 0 aromatic heterocycles. The molecule has 1 aromatic rings. The Morgan fingerprint density at radius 2 is 1.87 bits per heavy atom. The monoisotopic (exact) mass is 320 g/mol. The molecular formula is C17H26N3O3+. The summed E-state index contributed by atoms with van der Waals surface area (Å²) in [4.78, 5) is 26.9. The molecule has 0 radical (unpaired) electrons. The highest BCUT2D eigenvalue weighted by molar-refractivity contribution is 5.91. The van der Waals surface area contributed by atoms with Gasteiger partial charge in [-0.1, -0.05) is 6.07 Å². The first kappa shape index (κ1) is 17.4. The first-order valence-corrected chi connectivity index (χ1v) is 7.99. The molecule has 2 rings (SSSR count). The molecule has 1 fully saturated rings. The Morgan fingerprint density at radius 3 is 2.52 bits per heavy atom. The molecule has 1 saturated heterocycles. The lowest BCUT2D eigenvalue weighted by Gasteiger charge is -2.27. The number of benzene rings is 1. The number of hydrogen-bond donors (Lipinski definition) is 2. The second kappa shape index (κ2) is 8.08. The molecule has 1 heterocycles. The lowest BCUT2D eigenvalue weighted by molar-refractivity contribution is -0.862. The minimum absolute atomic E-state index is 0.0739. The molecule has 6 heteroatoms. The average Bonchev–Trinajstić information content (AvgIpc) is 2.51. The van der Waals surface area contributed by atoms with Crippen LogP contribution in [0.1, 0.15) is 11.1 Å². The third kappa shape index (κ3) is 5.33. The fourth-order valence-corrected chi connectivity index (χ4v) is 2.54. The van der Waals surface area contributed by atoms with Gasteiger partial charge in [-0.3, -0.25) is 9.59 Å². The van der Waals surface area contributed by atoms with Crippen molar-refractivity contribution in [1.29, 1.82) is 0 Å². The number of likely N-dealkylation sites (N-methyl/N-ethyl adjacent to an activating group) is 1. The summed E-state index contributed by atoms with van der Waals surface area (Å²) in [5.74, 6) is -0.00897. The molecule has 2 amide bonds. The van der Waals surface area contributed by atoms with Crippen LogP contribution in [0.15, 0.2) is 18.2 Å². The summed E-state index contributed by atoms with van der Waals surface area (Å²) in [5.41, 5.74) is 3.14. The number of rotatable bonds is 5. The summed E-state index contributed by atoms with van der Waals surface area (Å²) < 4.78 is 5.24. The number of amides is 2. The number of nitrogens with zero attached hydrogens (tertiary/aromatic N) is 1. The first-order chi connectivity index (χ1) is 11.0. The van der Waals surface area contributed by atoms with Crippen molar-refractivity contribution in [1.82, 2.24) is 4.90 Å². The lowest BCUT2D eigenvalue weighted by atomic mass is 10.1. The standard InChI is InChI=1S/C17H25N3O3/c1-13-4-5-15(10-14(13)2)18-16(21)11-19(3)12-17(22)20-6-8-23-9-7-20/h4-5,10H,6-9,11-12H2,1-3H3,(H,18,21)/p+1. The van der Waals surface area contributed by atoms with Gasteiger partial charge in [0.15, 0.2) is 13.1 Å². The van der Waals surface area contributed by atoms with E-state index in [2.05, 4.69) is 5.32 Å². The minimum atomic E-state index is -0.0828. The number of carbonyl (C=O) groups is 2. The normalized spacial score (nSPS) is 16.0. The molecule has 2 N–H and O–H groups in total. The van der Waals surface area contributed by atoms with E-state index < -0.39 is 0 Å². The van der Waals surface area contributed by atoms with Gasteiger partial charge < -0.3 is 19.9 Å². The molecule has 0 saturated carbocycles. The van der Waals surface area contributed by atoms with Crippen molar-refractivity contribution in [3.63, 3.8) is 0 Å². The molecule has 23 heavy (non-hydrogen) atoms. The van der Waals surface area contributed by atoms with E-state index in [1.54, 1.807) is 4.90 Å². The second-order valence-electron chi connectivity index (χ2n) is 6.15. The van der Waals surface area contributed by atoms with Crippen LogP contribution < -0.4 is 10.2 Å². The molecule has 6 nitrogen and oxygen atoms in total. The highest BCUT2D eigenvalue weighted by atomic mass is 16.5. The van der Waals surface area contributed by atoms with Gasteiger partial charge in [0.2, 0.25) is 0 Å². The maximum Gasteiger partial charge on any atom is 0.279 e. The van der Waals surface area contributed by atoms with Crippen molar-refractivity contribution < 1.29 is 19.2 Å². The Morgan fingerprint density at radius 1 is 1.17 bits per heavy atom. The van der Waals surface area contributed by atoms with Gasteiger partial charge in [-0.2, -0.15) is 0 Å². The number of carbonyl (C=O) groups excluding carboxylic acids is 2. The molecule has 0 spiro atoms. The summed E-state index contributed by atoms with van der Waals surface area (Å²) in [5, 5.41) is 2.89. The van der Waals surface area contributed by atoms with E-state index in [0.29, 0.717) is 32.8 Å². The molecule has 1 aromatic carbocycles. The Bertz CT molecular complexity index is 568. The van der Waals surface area contributed by atoms with Gasteiger partial charge in [0.1, 0.15) is 0 Å². The number of aryl methyl sites for hydroxylation is 2. The van der Waals surface area contributed by atoms with E-state index in [0.717, 1.165) is 16.2 Å². The van der Waals surface area contributed by atoms with E-state index in [1.807, 2.05) is 39.1 Å². The topological polar surface area (TPSA) is 63.1 Å². The Hall–Kier alpha value is -1.92. The fourth-order valence-electron chi connectivity index (χ4n) is 2.54. The van der Waals surface area contributed by atoms with Crippen molar-refractivity contribution in [3.8, 4) is 0 Å². The number of ether oxygens (including phenoxy) is 1. The van der Waals surface area contributed by atoms with Gasteiger partial charge in [-0.05, 0) is 37.1 Å². The quantitative estimate of drug-likeness (QED) is 0.777. The zero-order valence-electron chi connectivity index (χ0n) is 14.1. The van der Waals surface area contributed by atoms with Crippen LogP contribution in [0.2, 0.25) is 0 Å². The maximum absolute atomic E-state index is 12.1. The van der Waals surface area contributed by atoms with Gasteiger partial charge >= 0.3 is 0 Å². The van der Waals surface area contributed by atoms with Crippen molar-refractivity contribution in [2.75, 3.05) is 51.8 Å². The zero-order chi connectivity index (χ0) is 16.8. The molecule has 0 bridgehead atoms. The van der Waals surface area contributed by atoms with Gasteiger partial charge in [0.25, 0.3) is 11.8 Å². The number of nitrogens with one attached hydrogen (secondary N) is 2. The van der Waals surface area contributed by atoms with Gasteiger partial charge in [0.05, 0.1) is 20.3 Å². The minimum Gasteiger partial charge on any atom is -0.378 e. The first-order valence-electron chi connectivity index (χ1n) is 7.99. The van der Waals surface area contributed by atoms with E-state index in [1.165, 1.54) is 5.56 Å². The van der Waals surface area contributed by atoms with Crippen LogP contribution in [0.4, 0.5) is 5.69 Å². The van der Waals surface area contributed by atoms with Crippen LogP contribution in [0.25, 0.3) is 0 Å². The Kier molecular flexibility index (Phi) is 6.12. The third-order valence-electron chi connectivity index (χ3n) is 4.07. The number of hydrogen-bond acceptors (Lipinski definition) is 3. The van der Waals surface area contributed by atoms with Gasteiger partial charge in [0, 0.05) is 18.8 Å². The van der Waals surface area contributed by atoms with Crippen molar-refractivity contribution >= 4 is 17.5 Å². The van der Waals surface area contributed by atoms with Crippen LogP contribution >= 0.6 is 0 Å². The predicted molar refractivity (Wildman–Crippen MR) is 88.6 cm³/mol. The summed E-state index contributed by atoms with van der Waals surface area (Å²) >= 11 is 0. The largest absolute Gasteiger partial charge is 0.378 e. The second-order valence-corrected chi connectivity index (χ2v) is 6.15. The average molecular weight is 320 g/mol. The third-order valence-corrected chi connectivity index (χ3v) is 4.07. The number of morpholine rings is 1. The van der Waals surface area contributed by atoms with Crippen LogP contribution in [-0.4, -0.2) is 63.2 Å². The number of quaternary nitrogens is 1. The molecule has 1 aliphatic heterocycles. The predicted octanol–water partition coefficient (Wildman–Crippen LogP) is -0.385. The van der Waals surface area contributed by atoms with Crippen LogP contribution in [0.3, 0.4) is 0 Å². The molecule has 126 valence electrons. The Balaban J connectivity index is 1.79. The summed E-state index contributed by atoms with van der Waals surface area (Å²) in [7, 11) is 1.86. The fraction of sp³-hybridized carbons (Fsp3) is 0.529. The van der Waals surface area contributed by atoms with Crippen molar-refractivity contribution in [3.05, 3.63) is 29.3 Å². The van der Waals surface area contributed by atoms with E-state index in [-0.39, 0.29) is 18.4 Å². The SMILES string of the molecule is Cc1ccc(NC(=O)C[NH+](C)CC(=O)N2CCOCC2)cc1C. The molecule has 1 atom stereocenters. The van der Waals surface area contributed by atoms with Gasteiger partial charge in [-0.15, -0.1) is 0 Å². The molecule has 0 aliphatic carbocycles. The molecule has 1 aliphatic rings. The van der Waals surface area contributed by atoms with E-state index in [4.69, 9.17) is 4.74 Å².